The van der Waals surface area contributed by atoms with E-state index in [-0.39, 0.29) is 0 Å². The zero-order chi connectivity index (χ0) is 12.7. The van der Waals surface area contributed by atoms with E-state index in [1.54, 1.807) is 4.31 Å². The van der Waals surface area contributed by atoms with Gasteiger partial charge in [0, 0.05) is 19.6 Å². The van der Waals surface area contributed by atoms with Crippen molar-refractivity contribution in [1.82, 2.24) is 9.21 Å². The first-order chi connectivity index (χ1) is 8.10. The first kappa shape index (κ1) is 14.9. The fraction of sp³-hybridized carbons (Fsp3) is 1.00. The highest BCUT2D eigenvalue weighted by molar-refractivity contribution is 7.89. The van der Waals surface area contributed by atoms with Gasteiger partial charge in [0.15, 0.2) is 0 Å². The quantitative estimate of drug-likeness (QED) is 0.666. The minimum Gasteiger partial charge on any atom is -0.302 e. The summed E-state index contributed by atoms with van der Waals surface area (Å²) < 4.78 is 25.7. The van der Waals surface area contributed by atoms with Crippen molar-refractivity contribution in [2.45, 2.75) is 39.5 Å². The van der Waals surface area contributed by atoms with Crippen molar-refractivity contribution in [2.75, 3.05) is 38.5 Å². The van der Waals surface area contributed by atoms with Gasteiger partial charge in [0.2, 0.25) is 10.0 Å². The van der Waals surface area contributed by atoms with Crippen molar-refractivity contribution in [1.29, 1.82) is 0 Å². The molecule has 0 saturated carbocycles. The number of unbranched alkanes of at least 4 members (excludes halogenated alkanes) is 1. The molecule has 1 heterocycles. The molecular formula is C12H26N2O2S. The molecule has 1 saturated heterocycles. The molecular weight excluding hydrogens is 236 g/mol. The Morgan fingerprint density at radius 3 is 2.35 bits per heavy atom. The van der Waals surface area contributed by atoms with Crippen LogP contribution >= 0.6 is 0 Å². The van der Waals surface area contributed by atoms with Crippen LogP contribution in [-0.4, -0.2) is 56.1 Å². The highest BCUT2D eigenvalue weighted by Crippen LogP contribution is 2.09. The largest absolute Gasteiger partial charge is 0.302 e. The molecule has 0 radical (unpaired) electrons. The summed E-state index contributed by atoms with van der Waals surface area (Å²) in [6.45, 7) is 8.35. The zero-order valence-electron chi connectivity index (χ0n) is 11.2. The lowest BCUT2D eigenvalue weighted by molar-refractivity contribution is 0.299. The predicted octanol–water partition coefficient (Wildman–Crippen LogP) is 1.53. The van der Waals surface area contributed by atoms with Crippen LogP contribution in [0.5, 0.6) is 0 Å². The molecule has 1 aliphatic heterocycles. The Morgan fingerprint density at radius 2 is 1.82 bits per heavy atom. The van der Waals surface area contributed by atoms with Crippen molar-refractivity contribution < 1.29 is 8.42 Å². The molecule has 4 nitrogen and oxygen atoms in total. The van der Waals surface area contributed by atoms with Crippen LogP contribution in [0.4, 0.5) is 0 Å². The Balaban J connectivity index is 2.40. The van der Waals surface area contributed by atoms with Gasteiger partial charge in [-0.05, 0) is 32.4 Å². The molecule has 0 bridgehead atoms. The van der Waals surface area contributed by atoms with Gasteiger partial charge >= 0.3 is 0 Å². The van der Waals surface area contributed by atoms with Crippen LogP contribution in [0.1, 0.15) is 39.5 Å². The first-order valence-electron chi connectivity index (χ1n) is 6.80. The number of rotatable bonds is 8. The third kappa shape index (κ3) is 4.94. The van der Waals surface area contributed by atoms with E-state index in [0.717, 1.165) is 32.5 Å². The summed E-state index contributed by atoms with van der Waals surface area (Å²) in [5, 5.41) is 0. The van der Waals surface area contributed by atoms with Gasteiger partial charge in [-0.1, -0.05) is 20.3 Å². The Morgan fingerprint density at radius 1 is 1.18 bits per heavy atom. The van der Waals surface area contributed by atoms with Crippen LogP contribution in [0.15, 0.2) is 0 Å². The summed E-state index contributed by atoms with van der Waals surface area (Å²) in [7, 11) is -3.02. The molecule has 0 unspecified atom stereocenters. The number of hydrogen-bond acceptors (Lipinski definition) is 3. The Hall–Kier alpha value is -0.130. The van der Waals surface area contributed by atoms with Gasteiger partial charge in [-0.15, -0.1) is 0 Å². The summed E-state index contributed by atoms with van der Waals surface area (Å²) >= 11 is 0. The smallest absolute Gasteiger partial charge is 0.214 e. The second-order valence-corrected chi connectivity index (χ2v) is 6.80. The highest BCUT2D eigenvalue weighted by Gasteiger charge is 2.21. The minimum absolute atomic E-state index is 0.303. The van der Waals surface area contributed by atoms with Gasteiger partial charge in [0.1, 0.15) is 0 Å². The lowest BCUT2D eigenvalue weighted by Gasteiger charge is -2.23. The lowest BCUT2D eigenvalue weighted by Crippen LogP contribution is -2.38. The minimum atomic E-state index is -3.02. The SMILES string of the molecule is CCCCS(=O)(=O)N(CC)CCN1CCCC1. The van der Waals surface area contributed by atoms with E-state index in [1.165, 1.54) is 12.8 Å². The molecule has 1 fully saturated rings. The molecule has 0 N–H and O–H groups in total. The van der Waals surface area contributed by atoms with Gasteiger partial charge in [-0.3, -0.25) is 0 Å². The molecule has 0 aromatic carbocycles. The second-order valence-electron chi connectivity index (χ2n) is 4.71. The van der Waals surface area contributed by atoms with E-state index >= 15 is 0 Å². The topological polar surface area (TPSA) is 40.6 Å². The average Bonchev–Trinajstić information content (AvgIpc) is 2.80. The van der Waals surface area contributed by atoms with E-state index in [0.29, 0.717) is 18.8 Å². The summed E-state index contributed by atoms with van der Waals surface area (Å²) in [6.07, 6.45) is 4.22. The van der Waals surface area contributed by atoms with Gasteiger partial charge in [-0.2, -0.15) is 0 Å². The van der Waals surface area contributed by atoms with E-state index in [1.807, 2.05) is 13.8 Å². The number of likely N-dealkylation sites (tertiary alicyclic amines) is 1. The molecule has 0 spiro atoms. The predicted molar refractivity (Wildman–Crippen MR) is 71.6 cm³/mol. The van der Waals surface area contributed by atoms with Crippen LogP contribution in [0.3, 0.4) is 0 Å². The number of nitrogens with zero attached hydrogens (tertiary/aromatic N) is 2. The fourth-order valence-electron chi connectivity index (χ4n) is 2.21. The van der Waals surface area contributed by atoms with Crippen molar-refractivity contribution in [3.8, 4) is 0 Å². The normalized spacial score (nSPS) is 18.1. The van der Waals surface area contributed by atoms with E-state index < -0.39 is 10.0 Å². The summed E-state index contributed by atoms with van der Waals surface area (Å²) in [6, 6.07) is 0. The summed E-state index contributed by atoms with van der Waals surface area (Å²) in [4.78, 5) is 2.36. The standard InChI is InChI=1S/C12H26N2O2S/c1-3-5-12-17(15,16)14(4-2)11-10-13-8-6-7-9-13/h3-12H2,1-2H3. The molecule has 1 aliphatic rings. The van der Waals surface area contributed by atoms with Crippen LogP contribution in [-0.2, 0) is 10.0 Å². The average molecular weight is 262 g/mol. The van der Waals surface area contributed by atoms with Gasteiger partial charge in [0.05, 0.1) is 5.75 Å². The number of likely N-dealkylation sites (N-methyl/N-ethyl adjacent to an activating group) is 1. The summed E-state index contributed by atoms with van der Waals surface area (Å²) in [5.74, 6) is 0.303. The van der Waals surface area contributed by atoms with Crippen LogP contribution < -0.4 is 0 Å². The molecule has 0 amide bonds. The number of hydrogen-bond donors (Lipinski definition) is 0. The number of sulfonamides is 1. The molecule has 5 heteroatoms. The van der Waals surface area contributed by atoms with Crippen molar-refractivity contribution in [2.24, 2.45) is 0 Å². The van der Waals surface area contributed by atoms with Crippen LogP contribution in [0.2, 0.25) is 0 Å². The molecule has 0 aromatic rings. The third-order valence-corrected chi connectivity index (χ3v) is 5.40. The molecule has 0 aromatic heterocycles. The Bertz CT molecular complexity index is 298. The molecule has 102 valence electrons. The van der Waals surface area contributed by atoms with Crippen molar-refractivity contribution in [3.63, 3.8) is 0 Å². The zero-order valence-corrected chi connectivity index (χ0v) is 12.0. The third-order valence-electron chi connectivity index (χ3n) is 3.37. The maximum Gasteiger partial charge on any atom is 0.214 e. The molecule has 0 aliphatic carbocycles. The maximum absolute atomic E-state index is 12.0. The van der Waals surface area contributed by atoms with Gasteiger partial charge in [0.25, 0.3) is 0 Å². The maximum atomic E-state index is 12.0. The van der Waals surface area contributed by atoms with E-state index in [9.17, 15) is 8.42 Å². The van der Waals surface area contributed by atoms with Crippen LogP contribution in [0, 0.1) is 0 Å². The molecule has 1 rings (SSSR count). The van der Waals surface area contributed by atoms with Crippen molar-refractivity contribution in [3.05, 3.63) is 0 Å². The van der Waals surface area contributed by atoms with E-state index in [2.05, 4.69) is 4.90 Å². The Labute approximate surface area is 106 Å². The van der Waals surface area contributed by atoms with Crippen molar-refractivity contribution >= 4 is 10.0 Å². The molecule has 0 atom stereocenters. The second kappa shape index (κ2) is 7.34. The summed E-state index contributed by atoms with van der Waals surface area (Å²) in [5.41, 5.74) is 0. The lowest BCUT2D eigenvalue weighted by atomic mass is 10.4. The Kier molecular flexibility index (Phi) is 6.44. The van der Waals surface area contributed by atoms with Gasteiger partial charge in [-0.25, -0.2) is 12.7 Å². The van der Waals surface area contributed by atoms with E-state index in [4.69, 9.17) is 0 Å². The molecule has 17 heavy (non-hydrogen) atoms. The first-order valence-corrected chi connectivity index (χ1v) is 8.41. The fourth-order valence-corrected chi connectivity index (χ4v) is 3.87. The van der Waals surface area contributed by atoms with Gasteiger partial charge < -0.3 is 4.90 Å². The highest BCUT2D eigenvalue weighted by atomic mass is 32.2. The monoisotopic (exact) mass is 262 g/mol. The van der Waals surface area contributed by atoms with Crippen LogP contribution in [0.25, 0.3) is 0 Å².